The fraction of sp³-hybridized carbons (Fsp3) is 0.600. The molecule has 0 aromatic heterocycles. The molecule has 100 valence electrons. The topological polar surface area (TPSA) is 29.3 Å². The van der Waals surface area contributed by atoms with Crippen molar-refractivity contribution in [3.63, 3.8) is 0 Å². The lowest BCUT2D eigenvalue weighted by Crippen LogP contribution is -2.20. The molecule has 0 aliphatic carbocycles. The van der Waals surface area contributed by atoms with E-state index < -0.39 is 0 Å². The highest BCUT2D eigenvalue weighted by Gasteiger charge is 2.30. The van der Waals surface area contributed by atoms with Crippen LogP contribution in [0.2, 0.25) is 0 Å². The van der Waals surface area contributed by atoms with E-state index in [1.54, 1.807) is 6.07 Å². The smallest absolute Gasteiger partial charge is 0.126 e. The zero-order valence-electron chi connectivity index (χ0n) is 11.5. The van der Waals surface area contributed by atoms with Gasteiger partial charge in [-0.1, -0.05) is 26.0 Å². The molecule has 1 heterocycles. The number of nitrogens with two attached hydrogens (primary N) is 1. The molecule has 3 heteroatoms. The number of benzene rings is 1. The van der Waals surface area contributed by atoms with Gasteiger partial charge in [0.15, 0.2) is 0 Å². The summed E-state index contributed by atoms with van der Waals surface area (Å²) in [5.74, 6) is 0.694. The molecule has 1 aliphatic heterocycles. The highest BCUT2D eigenvalue weighted by molar-refractivity contribution is 5.30. The molecule has 2 rings (SSSR count). The summed E-state index contributed by atoms with van der Waals surface area (Å²) < 4.78 is 13.7. The minimum absolute atomic E-state index is 0.0928. The van der Waals surface area contributed by atoms with Crippen molar-refractivity contribution in [2.75, 3.05) is 20.1 Å². The summed E-state index contributed by atoms with van der Waals surface area (Å²) in [4.78, 5) is 2.33. The Labute approximate surface area is 109 Å². The van der Waals surface area contributed by atoms with Gasteiger partial charge in [-0.05, 0) is 49.0 Å². The van der Waals surface area contributed by atoms with Crippen LogP contribution in [0.5, 0.6) is 0 Å². The maximum Gasteiger partial charge on any atom is 0.126 e. The number of halogens is 1. The molecular weight excluding hydrogens is 227 g/mol. The number of likely N-dealkylation sites (tertiary alicyclic amines) is 1. The van der Waals surface area contributed by atoms with Gasteiger partial charge in [0, 0.05) is 12.6 Å². The zero-order chi connectivity index (χ0) is 13.3. The Kier molecular flexibility index (Phi) is 4.03. The molecule has 2 unspecified atom stereocenters. The average molecular weight is 250 g/mol. The van der Waals surface area contributed by atoms with Crippen molar-refractivity contribution >= 4 is 0 Å². The molecule has 1 fully saturated rings. The van der Waals surface area contributed by atoms with Gasteiger partial charge in [0.2, 0.25) is 0 Å². The molecule has 0 amide bonds. The van der Waals surface area contributed by atoms with Crippen molar-refractivity contribution in [1.82, 2.24) is 4.90 Å². The monoisotopic (exact) mass is 250 g/mol. The lowest BCUT2D eigenvalue weighted by molar-refractivity contribution is 0.313. The van der Waals surface area contributed by atoms with Crippen molar-refractivity contribution in [3.8, 4) is 0 Å². The van der Waals surface area contributed by atoms with Gasteiger partial charge >= 0.3 is 0 Å². The largest absolute Gasteiger partial charge is 0.330 e. The van der Waals surface area contributed by atoms with Crippen LogP contribution in [0.25, 0.3) is 0 Å². The van der Waals surface area contributed by atoms with E-state index in [4.69, 9.17) is 5.73 Å². The standard InChI is InChI=1S/C15H23FN2/c1-10(2)13-7-12(4-5-14(13)16)15-6-11(8-17)9-18(15)3/h4-5,7,10-11,15H,6,8-9,17H2,1-3H3. The quantitative estimate of drug-likeness (QED) is 0.893. The van der Waals surface area contributed by atoms with E-state index in [0.717, 1.165) is 25.1 Å². The maximum atomic E-state index is 13.7. The normalized spacial score (nSPS) is 25.0. The lowest BCUT2D eigenvalue weighted by atomic mass is 9.94. The van der Waals surface area contributed by atoms with Crippen LogP contribution in [0, 0.1) is 11.7 Å². The van der Waals surface area contributed by atoms with Gasteiger partial charge in [-0.15, -0.1) is 0 Å². The Morgan fingerprint density at radius 3 is 2.72 bits per heavy atom. The summed E-state index contributed by atoms with van der Waals surface area (Å²) in [6.45, 7) is 5.83. The third kappa shape index (κ3) is 2.57. The number of nitrogens with zero attached hydrogens (tertiary/aromatic N) is 1. The molecule has 0 spiro atoms. The Bertz CT molecular complexity index is 417. The first-order chi connectivity index (χ1) is 8.52. The molecule has 1 aliphatic rings. The first kappa shape index (κ1) is 13.5. The summed E-state index contributed by atoms with van der Waals surface area (Å²) >= 11 is 0. The van der Waals surface area contributed by atoms with Crippen LogP contribution in [0.3, 0.4) is 0 Å². The predicted octanol–water partition coefficient (Wildman–Crippen LogP) is 2.90. The molecule has 1 saturated heterocycles. The second kappa shape index (κ2) is 5.37. The van der Waals surface area contributed by atoms with Gasteiger partial charge in [0.05, 0.1) is 0 Å². The molecule has 0 saturated carbocycles. The van der Waals surface area contributed by atoms with Crippen LogP contribution < -0.4 is 5.73 Å². The number of rotatable bonds is 3. The summed E-state index contributed by atoms with van der Waals surface area (Å²) in [7, 11) is 2.12. The first-order valence-corrected chi connectivity index (χ1v) is 6.72. The Hall–Kier alpha value is -0.930. The van der Waals surface area contributed by atoms with Crippen molar-refractivity contribution in [2.24, 2.45) is 11.7 Å². The molecule has 1 aromatic carbocycles. The maximum absolute atomic E-state index is 13.7. The first-order valence-electron chi connectivity index (χ1n) is 6.72. The second-order valence-corrected chi connectivity index (χ2v) is 5.73. The number of hydrogen-bond acceptors (Lipinski definition) is 2. The van der Waals surface area contributed by atoms with Crippen molar-refractivity contribution in [2.45, 2.75) is 32.2 Å². The molecular formula is C15H23FN2. The predicted molar refractivity (Wildman–Crippen MR) is 73.0 cm³/mol. The van der Waals surface area contributed by atoms with E-state index in [0.29, 0.717) is 12.0 Å². The summed E-state index contributed by atoms with van der Waals surface area (Å²) in [6, 6.07) is 5.94. The summed E-state index contributed by atoms with van der Waals surface area (Å²) in [5.41, 5.74) is 7.79. The van der Waals surface area contributed by atoms with E-state index in [1.807, 2.05) is 26.0 Å². The van der Waals surface area contributed by atoms with Crippen LogP contribution in [0.4, 0.5) is 4.39 Å². The van der Waals surface area contributed by atoms with Crippen molar-refractivity contribution in [3.05, 3.63) is 35.1 Å². The zero-order valence-corrected chi connectivity index (χ0v) is 11.5. The van der Waals surface area contributed by atoms with Gasteiger partial charge in [-0.3, -0.25) is 4.90 Å². The van der Waals surface area contributed by atoms with E-state index in [2.05, 4.69) is 11.9 Å². The summed E-state index contributed by atoms with van der Waals surface area (Å²) in [6.07, 6.45) is 1.08. The summed E-state index contributed by atoms with van der Waals surface area (Å²) in [5, 5.41) is 0. The SMILES string of the molecule is CC(C)c1cc(C2CC(CN)CN2C)ccc1F. The Morgan fingerprint density at radius 1 is 1.44 bits per heavy atom. The highest BCUT2D eigenvalue weighted by atomic mass is 19.1. The highest BCUT2D eigenvalue weighted by Crippen LogP contribution is 2.35. The van der Waals surface area contributed by atoms with Crippen molar-refractivity contribution < 1.29 is 4.39 Å². The van der Waals surface area contributed by atoms with E-state index in [1.165, 1.54) is 5.56 Å². The fourth-order valence-corrected chi connectivity index (χ4v) is 2.88. The van der Waals surface area contributed by atoms with Crippen LogP contribution in [-0.2, 0) is 0 Å². The molecule has 2 nitrogen and oxygen atoms in total. The van der Waals surface area contributed by atoms with Gasteiger partial charge in [-0.2, -0.15) is 0 Å². The van der Waals surface area contributed by atoms with Gasteiger partial charge in [0.1, 0.15) is 5.82 Å². The average Bonchev–Trinajstić information content (AvgIpc) is 2.71. The Morgan fingerprint density at radius 2 is 2.17 bits per heavy atom. The molecule has 0 bridgehead atoms. The van der Waals surface area contributed by atoms with Gasteiger partial charge < -0.3 is 5.73 Å². The molecule has 18 heavy (non-hydrogen) atoms. The van der Waals surface area contributed by atoms with Gasteiger partial charge in [-0.25, -0.2) is 4.39 Å². The van der Waals surface area contributed by atoms with Crippen LogP contribution in [0.15, 0.2) is 18.2 Å². The number of hydrogen-bond donors (Lipinski definition) is 1. The minimum atomic E-state index is -0.0928. The third-order valence-corrected chi connectivity index (χ3v) is 4.00. The van der Waals surface area contributed by atoms with Gasteiger partial charge in [0.25, 0.3) is 0 Å². The molecule has 2 N–H and O–H groups in total. The van der Waals surface area contributed by atoms with Crippen LogP contribution in [-0.4, -0.2) is 25.0 Å². The molecule has 2 atom stereocenters. The Balaban J connectivity index is 2.26. The fourth-order valence-electron chi connectivity index (χ4n) is 2.88. The molecule has 0 radical (unpaired) electrons. The van der Waals surface area contributed by atoms with Crippen LogP contribution >= 0.6 is 0 Å². The third-order valence-electron chi connectivity index (χ3n) is 4.00. The molecule has 1 aromatic rings. The van der Waals surface area contributed by atoms with E-state index >= 15 is 0 Å². The lowest BCUT2D eigenvalue weighted by Gasteiger charge is -2.21. The minimum Gasteiger partial charge on any atom is -0.330 e. The second-order valence-electron chi connectivity index (χ2n) is 5.73. The van der Waals surface area contributed by atoms with E-state index in [-0.39, 0.29) is 11.7 Å². The van der Waals surface area contributed by atoms with Crippen LogP contribution in [0.1, 0.15) is 43.4 Å². The van der Waals surface area contributed by atoms with Crippen molar-refractivity contribution in [1.29, 1.82) is 0 Å². The van der Waals surface area contributed by atoms with E-state index in [9.17, 15) is 4.39 Å².